The Hall–Kier alpha value is -2.73. The van der Waals surface area contributed by atoms with E-state index in [0.29, 0.717) is 21.8 Å². The molecular formula is C16H10FNO3S. The van der Waals surface area contributed by atoms with Crippen LogP contribution in [0.4, 0.5) is 4.39 Å². The molecule has 0 radical (unpaired) electrons. The van der Waals surface area contributed by atoms with Crippen LogP contribution < -0.4 is 0 Å². The highest BCUT2D eigenvalue weighted by molar-refractivity contribution is 7.13. The van der Waals surface area contributed by atoms with Gasteiger partial charge in [0.2, 0.25) is 0 Å². The summed E-state index contributed by atoms with van der Waals surface area (Å²) in [6.07, 6.45) is 0. The van der Waals surface area contributed by atoms with Crippen LogP contribution in [0.25, 0.3) is 21.8 Å². The molecule has 2 aromatic carbocycles. The maximum atomic E-state index is 13.4. The number of hydrogen-bond donors (Lipinski definition) is 2. The Morgan fingerprint density at radius 1 is 1.14 bits per heavy atom. The Bertz CT molecular complexity index is 860. The van der Waals surface area contributed by atoms with Crippen molar-refractivity contribution in [1.29, 1.82) is 0 Å². The smallest absolute Gasteiger partial charge is 0.335 e. The van der Waals surface area contributed by atoms with Gasteiger partial charge in [-0.2, -0.15) is 0 Å². The standard InChI is InChI=1S/C16H10FNO3S/c17-12-7-10(4-5-14(12)19)15-18-13(8-22-15)9-2-1-3-11(6-9)16(20)21/h1-8,19H,(H,20,21). The molecule has 0 atom stereocenters. The van der Waals surface area contributed by atoms with Crippen LogP contribution in [0, 0.1) is 5.82 Å². The average Bonchev–Trinajstić information content (AvgIpc) is 3.00. The van der Waals surface area contributed by atoms with Crippen molar-refractivity contribution in [3.63, 3.8) is 0 Å². The van der Waals surface area contributed by atoms with Crippen LogP contribution in [0.2, 0.25) is 0 Å². The second-order valence-electron chi connectivity index (χ2n) is 4.59. The Morgan fingerprint density at radius 2 is 1.95 bits per heavy atom. The second-order valence-corrected chi connectivity index (χ2v) is 5.45. The zero-order valence-electron chi connectivity index (χ0n) is 11.2. The predicted octanol–water partition coefficient (Wildman–Crippen LogP) is 4.02. The van der Waals surface area contributed by atoms with E-state index < -0.39 is 17.5 Å². The predicted molar refractivity (Wildman–Crippen MR) is 81.6 cm³/mol. The van der Waals surface area contributed by atoms with Crippen LogP contribution in [-0.2, 0) is 0 Å². The molecule has 1 aromatic heterocycles. The van der Waals surface area contributed by atoms with E-state index in [1.165, 1.54) is 29.5 Å². The Balaban J connectivity index is 1.98. The molecule has 0 aliphatic rings. The second kappa shape index (κ2) is 5.57. The normalized spacial score (nSPS) is 10.6. The van der Waals surface area contributed by atoms with E-state index in [0.717, 1.165) is 0 Å². The average molecular weight is 315 g/mol. The van der Waals surface area contributed by atoms with Crippen molar-refractivity contribution in [3.8, 4) is 27.6 Å². The van der Waals surface area contributed by atoms with Crippen molar-refractivity contribution in [1.82, 2.24) is 4.98 Å². The van der Waals surface area contributed by atoms with Gasteiger partial charge in [0.25, 0.3) is 0 Å². The fourth-order valence-corrected chi connectivity index (χ4v) is 2.82. The molecule has 110 valence electrons. The highest BCUT2D eigenvalue weighted by Crippen LogP contribution is 2.31. The van der Waals surface area contributed by atoms with Crippen molar-refractivity contribution in [2.45, 2.75) is 0 Å². The number of aromatic carboxylic acids is 1. The number of halogens is 1. The van der Waals surface area contributed by atoms with E-state index >= 15 is 0 Å². The van der Waals surface area contributed by atoms with Gasteiger partial charge in [-0.05, 0) is 30.3 Å². The first kappa shape index (κ1) is 14.2. The molecule has 0 saturated heterocycles. The number of thiazole rings is 1. The molecular weight excluding hydrogens is 305 g/mol. The van der Waals surface area contributed by atoms with Gasteiger partial charge in [-0.3, -0.25) is 0 Å². The lowest BCUT2D eigenvalue weighted by Gasteiger charge is -2.00. The third kappa shape index (κ3) is 2.68. The van der Waals surface area contributed by atoms with Crippen molar-refractivity contribution in [3.05, 3.63) is 59.2 Å². The number of aromatic nitrogens is 1. The Morgan fingerprint density at radius 3 is 2.68 bits per heavy atom. The SMILES string of the molecule is O=C(O)c1cccc(-c2csc(-c3ccc(O)c(F)c3)n2)c1. The number of phenolic OH excluding ortho intramolecular Hbond substituents is 1. The summed E-state index contributed by atoms with van der Waals surface area (Å²) < 4.78 is 13.4. The number of carboxylic acids is 1. The minimum absolute atomic E-state index is 0.183. The van der Waals surface area contributed by atoms with Gasteiger partial charge in [0.15, 0.2) is 11.6 Å². The van der Waals surface area contributed by atoms with Gasteiger partial charge in [-0.15, -0.1) is 11.3 Å². The molecule has 0 unspecified atom stereocenters. The van der Waals surface area contributed by atoms with E-state index in [1.807, 2.05) is 0 Å². The number of hydrogen-bond acceptors (Lipinski definition) is 4. The lowest BCUT2D eigenvalue weighted by atomic mass is 10.1. The molecule has 0 bridgehead atoms. The van der Waals surface area contributed by atoms with Gasteiger partial charge in [-0.1, -0.05) is 12.1 Å². The van der Waals surface area contributed by atoms with Crippen LogP contribution in [-0.4, -0.2) is 21.2 Å². The number of phenols is 1. The third-order valence-corrected chi connectivity index (χ3v) is 4.00. The van der Waals surface area contributed by atoms with Gasteiger partial charge >= 0.3 is 5.97 Å². The highest BCUT2D eigenvalue weighted by Gasteiger charge is 2.11. The molecule has 1 heterocycles. The summed E-state index contributed by atoms with van der Waals surface area (Å²) in [5.74, 6) is -2.12. The molecule has 3 rings (SSSR count). The molecule has 0 spiro atoms. The van der Waals surface area contributed by atoms with E-state index in [2.05, 4.69) is 4.98 Å². The lowest BCUT2D eigenvalue weighted by molar-refractivity contribution is 0.0697. The van der Waals surface area contributed by atoms with E-state index in [-0.39, 0.29) is 5.56 Å². The number of benzene rings is 2. The summed E-state index contributed by atoms with van der Waals surface area (Å²) in [5, 5.41) is 20.6. The number of rotatable bonds is 3. The van der Waals surface area contributed by atoms with Gasteiger partial charge < -0.3 is 10.2 Å². The number of carbonyl (C=O) groups is 1. The molecule has 0 amide bonds. The van der Waals surface area contributed by atoms with E-state index in [9.17, 15) is 14.3 Å². The minimum Gasteiger partial charge on any atom is -0.505 e. The molecule has 0 aliphatic heterocycles. The molecule has 0 aliphatic carbocycles. The fourth-order valence-electron chi connectivity index (χ4n) is 1.99. The van der Waals surface area contributed by atoms with Crippen LogP contribution in [0.3, 0.4) is 0 Å². The zero-order chi connectivity index (χ0) is 15.7. The molecule has 3 aromatic rings. The first-order valence-electron chi connectivity index (χ1n) is 6.33. The van der Waals surface area contributed by atoms with Crippen molar-refractivity contribution >= 4 is 17.3 Å². The maximum Gasteiger partial charge on any atom is 0.335 e. The highest BCUT2D eigenvalue weighted by atomic mass is 32.1. The topological polar surface area (TPSA) is 70.4 Å². The number of aromatic hydroxyl groups is 1. The van der Waals surface area contributed by atoms with Crippen molar-refractivity contribution in [2.24, 2.45) is 0 Å². The summed E-state index contributed by atoms with van der Waals surface area (Å²) in [5.41, 5.74) is 2.04. The minimum atomic E-state index is -1.00. The van der Waals surface area contributed by atoms with Gasteiger partial charge in [0.05, 0.1) is 11.3 Å². The largest absolute Gasteiger partial charge is 0.505 e. The molecule has 4 nitrogen and oxygen atoms in total. The summed E-state index contributed by atoms with van der Waals surface area (Å²) in [7, 11) is 0. The third-order valence-electron chi connectivity index (χ3n) is 3.10. The van der Waals surface area contributed by atoms with Crippen molar-refractivity contribution < 1.29 is 19.4 Å². The van der Waals surface area contributed by atoms with Gasteiger partial charge in [0, 0.05) is 16.5 Å². The summed E-state index contributed by atoms with van der Waals surface area (Å²) >= 11 is 1.32. The van der Waals surface area contributed by atoms with Gasteiger partial charge in [0.1, 0.15) is 5.01 Å². The monoisotopic (exact) mass is 315 g/mol. The molecule has 0 saturated carbocycles. The van der Waals surface area contributed by atoms with Crippen LogP contribution >= 0.6 is 11.3 Å². The summed E-state index contributed by atoms with van der Waals surface area (Å²) in [6, 6.07) is 10.5. The van der Waals surface area contributed by atoms with Crippen LogP contribution in [0.1, 0.15) is 10.4 Å². The number of nitrogens with zero attached hydrogens (tertiary/aromatic N) is 1. The van der Waals surface area contributed by atoms with Crippen LogP contribution in [0.5, 0.6) is 5.75 Å². The van der Waals surface area contributed by atoms with Crippen LogP contribution in [0.15, 0.2) is 47.8 Å². The zero-order valence-corrected chi connectivity index (χ0v) is 12.0. The van der Waals surface area contributed by atoms with Crippen molar-refractivity contribution in [2.75, 3.05) is 0 Å². The number of carboxylic acid groups (broad SMARTS) is 1. The molecule has 6 heteroatoms. The molecule has 2 N–H and O–H groups in total. The lowest BCUT2D eigenvalue weighted by Crippen LogP contribution is -1.95. The van der Waals surface area contributed by atoms with Gasteiger partial charge in [-0.25, -0.2) is 14.2 Å². The summed E-state index contributed by atoms with van der Waals surface area (Å²) in [6.45, 7) is 0. The quantitative estimate of drug-likeness (QED) is 0.766. The maximum absolute atomic E-state index is 13.4. The molecule has 22 heavy (non-hydrogen) atoms. The fraction of sp³-hybridized carbons (Fsp3) is 0. The Labute approximate surface area is 129 Å². The molecule has 0 fully saturated rings. The first-order chi connectivity index (χ1) is 10.5. The summed E-state index contributed by atoms with van der Waals surface area (Å²) in [4.78, 5) is 15.4. The first-order valence-corrected chi connectivity index (χ1v) is 7.21. The van der Waals surface area contributed by atoms with E-state index in [4.69, 9.17) is 5.11 Å². The Kier molecular flexibility index (Phi) is 3.60. The van der Waals surface area contributed by atoms with E-state index in [1.54, 1.807) is 29.6 Å².